The fourth-order valence-electron chi connectivity index (χ4n) is 2.96. The first-order valence-corrected chi connectivity index (χ1v) is 8.79. The smallest absolute Gasteiger partial charge is 0.349 e. The van der Waals surface area contributed by atoms with Gasteiger partial charge in [-0.1, -0.05) is 26.0 Å². The number of aryl methyl sites for hydroxylation is 2. The molecule has 0 fully saturated rings. The molecule has 3 rings (SSSR count). The number of hydrogen-bond donors (Lipinski definition) is 1. The molecule has 26 heavy (non-hydrogen) atoms. The van der Waals surface area contributed by atoms with Crippen LogP contribution in [-0.4, -0.2) is 18.5 Å². The summed E-state index contributed by atoms with van der Waals surface area (Å²) in [6.07, 6.45) is 1.09. The third-order valence-electron chi connectivity index (χ3n) is 4.34. The highest BCUT2D eigenvalue weighted by Crippen LogP contribution is 2.28. The van der Waals surface area contributed by atoms with Gasteiger partial charge in [0.1, 0.15) is 11.5 Å². The summed E-state index contributed by atoms with van der Waals surface area (Å²) in [4.78, 5) is 23.5. The second-order valence-corrected chi connectivity index (χ2v) is 6.83. The lowest BCUT2D eigenvalue weighted by Gasteiger charge is -2.17. The maximum absolute atomic E-state index is 12.2. The zero-order valence-electron chi connectivity index (χ0n) is 15.3. The minimum Gasteiger partial charge on any atom is -0.482 e. The Morgan fingerprint density at radius 2 is 1.96 bits per heavy atom. The molecule has 0 unspecified atom stereocenters. The number of nitrogens with one attached hydrogen (secondary N) is 1. The number of fused-ring (bicyclic) bond motifs is 1. The van der Waals surface area contributed by atoms with Gasteiger partial charge in [0.05, 0.1) is 0 Å². The van der Waals surface area contributed by atoms with Gasteiger partial charge in [0.2, 0.25) is 5.91 Å². The third kappa shape index (κ3) is 4.23. The van der Waals surface area contributed by atoms with Gasteiger partial charge in [-0.25, -0.2) is 4.79 Å². The minimum absolute atomic E-state index is 0.00903. The van der Waals surface area contributed by atoms with Crippen LogP contribution in [0.4, 0.5) is 5.69 Å². The first-order chi connectivity index (χ1) is 12.4. The topological polar surface area (TPSA) is 64.6 Å². The Balaban J connectivity index is 1.63. The molecule has 1 heterocycles. The summed E-state index contributed by atoms with van der Waals surface area (Å²) in [6.45, 7) is 6.00. The number of rotatable bonds is 5. The van der Waals surface area contributed by atoms with Crippen LogP contribution in [0.25, 0.3) is 0 Å². The van der Waals surface area contributed by atoms with Crippen LogP contribution in [0.3, 0.4) is 0 Å². The van der Waals surface area contributed by atoms with Crippen molar-refractivity contribution in [2.45, 2.75) is 39.5 Å². The van der Waals surface area contributed by atoms with Crippen LogP contribution in [0.5, 0.6) is 11.5 Å². The molecule has 0 atom stereocenters. The van der Waals surface area contributed by atoms with Crippen LogP contribution < -0.4 is 14.8 Å². The van der Waals surface area contributed by atoms with E-state index in [-0.39, 0.29) is 12.5 Å². The summed E-state index contributed by atoms with van der Waals surface area (Å²) in [6, 6.07) is 11.2. The highest BCUT2D eigenvalue weighted by molar-refractivity contribution is 5.94. The van der Waals surface area contributed by atoms with Gasteiger partial charge < -0.3 is 14.8 Å². The van der Waals surface area contributed by atoms with Crippen molar-refractivity contribution in [1.82, 2.24) is 0 Å². The first kappa shape index (κ1) is 18.0. The zero-order valence-corrected chi connectivity index (χ0v) is 15.3. The SMILES string of the molecule is Cc1ccc(C(C)C)c(OCC(=O)Oc2ccc3c(c2)CCC(=O)N3)c1. The maximum Gasteiger partial charge on any atom is 0.349 e. The van der Waals surface area contributed by atoms with Gasteiger partial charge in [-0.3, -0.25) is 4.79 Å². The molecule has 5 nitrogen and oxygen atoms in total. The van der Waals surface area contributed by atoms with Crippen molar-refractivity contribution in [1.29, 1.82) is 0 Å². The Hall–Kier alpha value is -2.82. The average Bonchev–Trinajstić information content (AvgIpc) is 2.60. The second kappa shape index (κ2) is 7.60. The lowest BCUT2D eigenvalue weighted by atomic mass is 10.0. The highest BCUT2D eigenvalue weighted by atomic mass is 16.6. The van der Waals surface area contributed by atoms with Gasteiger partial charge in [-0.2, -0.15) is 0 Å². The quantitative estimate of drug-likeness (QED) is 0.652. The van der Waals surface area contributed by atoms with Gasteiger partial charge >= 0.3 is 5.97 Å². The molecule has 0 bridgehead atoms. The van der Waals surface area contributed by atoms with Gasteiger partial charge in [0, 0.05) is 12.1 Å². The van der Waals surface area contributed by atoms with Crippen molar-refractivity contribution in [2.24, 2.45) is 0 Å². The molecular formula is C21H23NO4. The van der Waals surface area contributed by atoms with E-state index in [4.69, 9.17) is 9.47 Å². The van der Waals surface area contributed by atoms with E-state index in [1.165, 1.54) is 0 Å². The average molecular weight is 353 g/mol. The molecule has 1 amide bonds. The van der Waals surface area contributed by atoms with E-state index in [0.29, 0.717) is 30.3 Å². The largest absolute Gasteiger partial charge is 0.482 e. The number of anilines is 1. The van der Waals surface area contributed by atoms with Gasteiger partial charge in [0.15, 0.2) is 6.61 Å². The van der Waals surface area contributed by atoms with E-state index in [9.17, 15) is 9.59 Å². The van der Waals surface area contributed by atoms with Crippen molar-refractivity contribution in [3.05, 3.63) is 53.1 Å². The second-order valence-electron chi connectivity index (χ2n) is 6.83. The standard InChI is InChI=1S/C21H23NO4/c1-13(2)17-7-4-14(3)10-19(17)25-12-21(24)26-16-6-8-18-15(11-16)5-9-20(23)22-18/h4,6-8,10-11,13H,5,9,12H2,1-3H3,(H,22,23). The normalized spacial score (nSPS) is 13.2. The highest BCUT2D eigenvalue weighted by Gasteiger charge is 2.16. The van der Waals surface area contributed by atoms with Crippen LogP contribution in [0.2, 0.25) is 0 Å². The van der Waals surface area contributed by atoms with Crippen molar-refractivity contribution in [2.75, 3.05) is 11.9 Å². The number of hydrogen-bond acceptors (Lipinski definition) is 4. The molecule has 1 aliphatic rings. The Labute approximate surface area is 153 Å². The Morgan fingerprint density at radius 3 is 2.73 bits per heavy atom. The van der Waals surface area contributed by atoms with Crippen LogP contribution in [-0.2, 0) is 16.0 Å². The molecule has 0 saturated heterocycles. The molecular weight excluding hydrogens is 330 g/mol. The molecule has 2 aromatic carbocycles. The fourth-order valence-corrected chi connectivity index (χ4v) is 2.96. The molecule has 1 N–H and O–H groups in total. The molecule has 0 radical (unpaired) electrons. The fraction of sp³-hybridized carbons (Fsp3) is 0.333. The number of esters is 1. The monoisotopic (exact) mass is 353 g/mol. The Kier molecular flexibility index (Phi) is 5.26. The van der Waals surface area contributed by atoms with Crippen molar-refractivity contribution in [3.63, 3.8) is 0 Å². The summed E-state index contributed by atoms with van der Waals surface area (Å²) in [7, 11) is 0. The molecule has 0 spiro atoms. The molecule has 1 aliphatic heterocycles. The molecule has 5 heteroatoms. The summed E-state index contributed by atoms with van der Waals surface area (Å²) < 4.78 is 11.1. The van der Waals surface area contributed by atoms with E-state index in [0.717, 1.165) is 22.4 Å². The Morgan fingerprint density at radius 1 is 1.15 bits per heavy atom. The summed E-state index contributed by atoms with van der Waals surface area (Å²) in [5.74, 6) is 1.03. The van der Waals surface area contributed by atoms with E-state index in [1.54, 1.807) is 18.2 Å². The Bertz CT molecular complexity index is 842. The zero-order chi connectivity index (χ0) is 18.7. The summed E-state index contributed by atoms with van der Waals surface area (Å²) in [5, 5.41) is 2.81. The van der Waals surface area contributed by atoms with Crippen LogP contribution in [0.15, 0.2) is 36.4 Å². The predicted octanol–water partition coefficient (Wildman–Crippen LogP) is 3.99. The maximum atomic E-state index is 12.2. The molecule has 0 saturated carbocycles. The van der Waals surface area contributed by atoms with E-state index in [2.05, 4.69) is 19.2 Å². The van der Waals surface area contributed by atoms with E-state index in [1.807, 2.05) is 25.1 Å². The third-order valence-corrected chi connectivity index (χ3v) is 4.34. The van der Waals surface area contributed by atoms with E-state index >= 15 is 0 Å². The predicted molar refractivity (Wildman–Crippen MR) is 99.8 cm³/mol. The number of benzene rings is 2. The number of ether oxygens (including phenoxy) is 2. The number of carbonyl (C=O) groups excluding carboxylic acids is 2. The van der Waals surface area contributed by atoms with Crippen LogP contribution >= 0.6 is 0 Å². The summed E-state index contributed by atoms with van der Waals surface area (Å²) in [5.41, 5.74) is 3.89. The number of carbonyl (C=O) groups is 2. The van der Waals surface area contributed by atoms with Crippen molar-refractivity contribution in [3.8, 4) is 11.5 Å². The van der Waals surface area contributed by atoms with Crippen molar-refractivity contribution < 1.29 is 19.1 Å². The molecule has 136 valence electrons. The van der Waals surface area contributed by atoms with Crippen LogP contribution in [0, 0.1) is 6.92 Å². The first-order valence-electron chi connectivity index (χ1n) is 8.79. The van der Waals surface area contributed by atoms with Gasteiger partial charge in [0.25, 0.3) is 0 Å². The lowest BCUT2D eigenvalue weighted by molar-refractivity contribution is -0.136. The van der Waals surface area contributed by atoms with E-state index < -0.39 is 5.97 Å². The van der Waals surface area contributed by atoms with Gasteiger partial charge in [-0.05, 0) is 60.2 Å². The van der Waals surface area contributed by atoms with Gasteiger partial charge in [-0.15, -0.1) is 0 Å². The van der Waals surface area contributed by atoms with Crippen molar-refractivity contribution >= 4 is 17.6 Å². The lowest BCUT2D eigenvalue weighted by Crippen LogP contribution is -2.20. The molecule has 0 aliphatic carbocycles. The molecule has 0 aromatic heterocycles. The minimum atomic E-state index is -0.457. The van der Waals surface area contributed by atoms with Crippen LogP contribution in [0.1, 0.15) is 42.9 Å². The summed E-state index contributed by atoms with van der Waals surface area (Å²) >= 11 is 0. The number of amides is 1. The molecule has 2 aromatic rings.